The van der Waals surface area contributed by atoms with Gasteiger partial charge in [0.15, 0.2) is 0 Å². The van der Waals surface area contributed by atoms with Gasteiger partial charge < -0.3 is 4.74 Å². The fourth-order valence-electron chi connectivity index (χ4n) is 2.30. The molecule has 1 aromatic heterocycles. The molecule has 3 heteroatoms. The van der Waals surface area contributed by atoms with Gasteiger partial charge in [0.25, 0.3) is 0 Å². The second kappa shape index (κ2) is 7.88. The lowest BCUT2D eigenvalue weighted by molar-refractivity contribution is 0.306. The van der Waals surface area contributed by atoms with Gasteiger partial charge in [-0.25, -0.2) is 0 Å². The van der Waals surface area contributed by atoms with Crippen LogP contribution in [0.15, 0.2) is 79.1 Å². The molecule has 0 saturated carbocycles. The smallest absolute Gasteiger partial charge is 0.234 e. The maximum Gasteiger partial charge on any atom is 0.234 e. The highest BCUT2D eigenvalue weighted by molar-refractivity contribution is 6.13. The number of ether oxygens (including phenoxy) is 1. The summed E-state index contributed by atoms with van der Waals surface area (Å²) in [4.78, 5) is 15.3. The number of hydrogen-bond acceptors (Lipinski definition) is 3. The second-order valence-corrected chi connectivity index (χ2v) is 5.25. The van der Waals surface area contributed by atoms with Gasteiger partial charge in [-0.2, -0.15) is 0 Å². The van der Waals surface area contributed by atoms with E-state index in [0.29, 0.717) is 12.2 Å². The summed E-state index contributed by atoms with van der Waals surface area (Å²) in [7, 11) is 0. The van der Waals surface area contributed by atoms with E-state index in [2.05, 4.69) is 4.98 Å². The van der Waals surface area contributed by atoms with E-state index in [1.54, 1.807) is 24.5 Å². The average Bonchev–Trinajstić information content (AvgIpc) is 2.66. The van der Waals surface area contributed by atoms with Crippen molar-refractivity contribution < 1.29 is 9.53 Å². The number of nitrogens with zero attached hydrogens (tertiary/aromatic N) is 1. The fourth-order valence-corrected chi connectivity index (χ4v) is 2.30. The number of carbonyl (C=O) groups excluding carboxylic acids is 1. The van der Waals surface area contributed by atoms with Crippen LogP contribution in [0.5, 0.6) is 5.75 Å². The van der Waals surface area contributed by atoms with Crippen molar-refractivity contribution in [1.82, 2.24) is 4.98 Å². The summed E-state index contributed by atoms with van der Waals surface area (Å²) < 4.78 is 5.81. The lowest BCUT2D eigenvalue weighted by Crippen LogP contribution is -1.95. The van der Waals surface area contributed by atoms with Crippen LogP contribution in [0.1, 0.15) is 16.7 Å². The van der Waals surface area contributed by atoms with E-state index in [4.69, 9.17) is 4.74 Å². The Labute approximate surface area is 141 Å². The summed E-state index contributed by atoms with van der Waals surface area (Å²) in [5.74, 6) is 0.754. The molecule has 1 heterocycles. The third kappa shape index (κ3) is 4.17. The summed E-state index contributed by atoms with van der Waals surface area (Å²) in [5.41, 5.74) is 3.19. The molecule has 0 N–H and O–H groups in total. The third-order valence-electron chi connectivity index (χ3n) is 3.50. The molecule has 117 valence electrons. The van der Waals surface area contributed by atoms with E-state index >= 15 is 0 Å². The minimum absolute atomic E-state index is 0.461. The van der Waals surface area contributed by atoms with Crippen molar-refractivity contribution in [2.75, 3.05) is 0 Å². The zero-order chi connectivity index (χ0) is 16.6. The molecule has 3 nitrogen and oxygen atoms in total. The van der Waals surface area contributed by atoms with Crippen LogP contribution in [0.3, 0.4) is 0 Å². The first-order valence-electron chi connectivity index (χ1n) is 7.62. The molecule has 0 aliphatic rings. The molecule has 0 aliphatic heterocycles. The highest BCUT2D eigenvalue weighted by Gasteiger charge is 2.03. The Balaban J connectivity index is 1.77. The molecule has 0 fully saturated rings. The Kier molecular flexibility index (Phi) is 5.15. The van der Waals surface area contributed by atoms with Crippen molar-refractivity contribution >= 4 is 17.9 Å². The number of benzene rings is 2. The summed E-state index contributed by atoms with van der Waals surface area (Å²) >= 11 is 0. The van der Waals surface area contributed by atoms with E-state index in [9.17, 15) is 4.79 Å². The van der Waals surface area contributed by atoms with Crippen molar-refractivity contribution in [1.29, 1.82) is 0 Å². The lowest BCUT2D eigenvalue weighted by Gasteiger charge is -2.07. The first-order valence-corrected chi connectivity index (χ1v) is 7.62. The Morgan fingerprint density at radius 3 is 2.67 bits per heavy atom. The van der Waals surface area contributed by atoms with E-state index in [-0.39, 0.29) is 0 Å². The minimum atomic E-state index is 0.461. The average molecular weight is 314 g/mol. The predicted molar refractivity (Wildman–Crippen MR) is 95.0 cm³/mol. The van der Waals surface area contributed by atoms with Gasteiger partial charge >= 0.3 is 0 Å². The Morgan fingerprint density at radius 2 is 1.92 bits per heavy atom. The molecule has 0 atom stereocenters. The first-order chi connectivity index (χ1) is 11.8. The normalized spacial score (nSPS) is 11.1. The van der Waals surface area contributed by atoms with Crippen LogP contribution in [0.4, 0.5) is 0 Å². The fraction of sp³-hybridized carbons (Fsp3) is 0.0476. The highest BCUT2D eigenvalue weighted by Crippen LogP contribution is 2.20. The molecular formula is C21H16NO2. The Hall–Kier alpha value is -3.20. The Bertz CT molecular complexity index is 827. The monoisotopic (exact) mass is 314 g/mol. The quantitative estimate of drug-likeness (QED) is 0.636. The summed E-state index contributed by atoms with van der Waals surface area (Å²) in [6.45, 7) is 0.503. The lowest BCUT2D eigenvalue weighted by atomic mass is 10.1. The number of hydrogen-bond donors (Lipinski definition) is 0. The van der Waals surface area contributed by atoms with Gasteiger partial charge in [-0.1, -0.05) is 48.5 Å². The van der Waals surface area contributed by atoms with Crippen LogP contribution < -0.4 is 4.74 Å². The van der Waals surface area contributed by atoms with E-state index in [1.165, 1.54) is 0 Å². The van der Waals surface area contributed by atoms with Crippen LogP contribution in [0.2, 0.25) is 0 Å². The van der Waals surface area contributed by atoms with Crippen LogP contribution in [0, 0.1) is 0 Å². The summed E-state index contributed by atoms with van der Waals surface area (Å²) in [5, 5.41) is 0. The largest absolute Gasteiger partial charge is 0.489 e. The zero-order valence-electron chi connectivity index (χ0n) is 13.1. The maximum atomic E-state index is 11.3. The topological polar surface area (TPSA) is 39.2 Å². The molecule has 2 aromatic carbocycles. The molecule has 0 saturated heterocycles. The minimum Gasteiger partial charge on any atom is -0.489 e. The van der Waals surface area contributed by atoms with E-state index < -0.39 is 0 Å². The standard InChI is InChI=1S/C21H16NO2/c23-15-20(19-9-5-11-22-14-19)12-18-8-4-10-21(13-18)24-16-17-6-2-1-3-7-17/h1-14H,16H2. The molecule has 3 rings (SSSR count). The first kappa shape index (κ1) is 15.7. The molecule has 0 spiro atoms. The highest BCUT2D eigenvalue weighted by atomic mass is 16.5. The van der Waals surface area contributed by atoms with Gasteiger partial charge in [-0.05, 0) is 35.4 Å². The van der Waals surface area contributed by atoms with Gasteiger partial charge in [0, 0.05) is 23.5 Å². The van der Waals surface area contributed by atoms with Crippen LogP contribution >= 0.6 is 0 Å². The molecular weight excluding hydrogens is 298 g/mol. The van der Waals surface area contributed by atoms with Gasteiger partial charge in [0.1, 0.15) is 12.4 Å². The van der Waals surface area contributed by atoms with Gasteiger partial charge in [0.2, 0.25) is 6.29 Å². The van der Waals surface area contributed by atoms with Gasteiger partial charge in [-0.15, -0.1) is 0 Å². The predicted octanol–water partition coefficient (Wildman–Crippen LogP) is 4.31. The van der Waals surface area contributed by atoms with Crippen molar-refractivity contribution in [3.8, 4) is 5.75 Å². The SMILES string of the molecule is O=[C]C(=Cc1cccc(OCc2ccccc2)c1)c1cccnc1. The molecule has 3 aromatic rings. The van der Waals surface area contributed by atoms with Crippen molar-refractivity contribution in [2.24, 2.45) is 0 Å². The summed E-state index contributed by atoms with van der Waals surface area (Å²) in [6.07, 6.45) is 7.07. The van der Waals surface area contributed by atoms with Crippen molar-refractivity contribution in [3.05, 3.63) is 95.8 Å². The molecule has 24 heavy (non-hydrogen) atoms. The van der Waals surface area contributed by atoms with E-state index in [1.807, 2.05) is 66.9 Å². The van der Waals surface area contributed by atoms with Crippen LogP contribution in [-0.4, -0.2) is 11.3 Å². The molecule has 0 unspecified atom stereocenters. The number of allylic oxidation sites excluding steroid dienone is 1. The van der Waals surface area contributed by atoms with Crippen LogP contribution in [-0.2, 0) is 11.4 Å². The molecule has 0 bridgehead atoms. The maximum absolute atomic E-state index is 11.3. The molecule has 0 amide bonds. The van der Waals surface area contributed by atoms with Gasteiger partial charge in [-0.3, -0.25) is 9.78 Å². The van der Waals surface area contributed by atoms with Crippen molar-refractivity contribution in [3.63, 3.8) is 0 Å². The number of aromatic nitrogens is 1. The molecule has 1 radical (unpaired) electrons. The van der Waals surface area contributed by atoms with Crippen LogP contribution in [0.25, 0.3) is 11.6 Å². The Morgan fingerprint density at radius 1 is 1.04 bits per heavy atom. The number of rotatable bonds is 6. The summed E-state index contributed by atoms with van der Waals surface area (Å²) in [6, 6.07) is 21.2. The van der Waals surface area contributed by atoms with Gasteiger partial charge in [0.05, 0.1) is 0 Å². The molecule has 0 aliphatic carbocycles. The second-order valence-electron chi connectivity index (χ2n) is 5.25. The van der Waals surface area contributed by atoms with Crippen molar-refractivity contribution in [2.45, 2.75) is 6.61 Å². The zero-order valence-corrected chi connectivity index (χ0v) is 13.1. The number of pyridine rings is 1. The third-order valence-corrected chi connectivity index (χ3v) is 3.50. The van der Waals surface area contributed by atoms with E-state index in [0.717, 1.165) is 22.4 Å².